The number of hydrogen-bond donors (Lipinski definition) is 1. The Bertz CT molecular complexity index is 764. The Morgan fingerprint density at radius 3 is 2.70 bits per heavy atom. The Hall–Kier alpha value is -1.36. The molecule has 5 heteroatoms. The van der Waals surface area contributed by atoms with E-state index >= 15 is 0 Å². The van der Waals surface area contributed by atoms with E-state index in [1.807, 2.05) is 0 Å². The molecule has 0 aliphatic heterocycles. The molecule has 1 heterocycles. The van der Waals surface area contributed by atoms with Gasteiger partial charge in [-0.05, 0) is 35.9 Å². The van der Waals surface area contributed by atoms with Crippen LogP contribution in [0.1, 0.15) is 17.4 Å². The van der Waals surface area contributed by atoms with E-state index < -0.39 is 11.9 Å². The largest absolute Gasteiger partial charge is 0.455 e. The quantitative estimate of drug-likeness (QED) is 0.696. The minimum Gasteiger partial charge on any atom is -0.455 e. The molecule has 0 spiro atoms. The van der Waals surface area contributed by atoms with Crippen molar-refractivity contribution in [3.05, 3.63) is 69.1 Å². The lowest BCUT2D eigenvalue weighted by atomic mass is 10.1. The summed E-state index contributed by atoms with van der Waals surface area (Å²) in [5.74, 6) is -0.174. The fourth-order valence-electron chi connectivity index (χ4n) is 2.08. The van der Waals surface area contributed by atoms with Crippen molar-refractivity contribution in [2.24, 2.45) is 0 Å². The van der Waals surface area contributed by atoms with Gasteiger partial charge < -0.3 is 9.52 Å². The summed E-state index contributed by atoms with van der Waals surface area (Å²) in [6, 6.07) is 11.4. The van der Waals surface area contributed by atoms with E-state index in [-0.39, 0.29) is 11.3 Å². The second-order valence-electron chi connectivity index (χ2n) is 4.41. The number of benzene rings is 2. The zero-order valence-corrected chi connectivity index (χ0v) is 12.5. The summed E-state index contributed by atoms with van der Waals surface area (Å²) in [7, 11) is 0. The SMILES string of the molecule is OC(c1cc(Cl)cc(Br)c1)c1cc2cccc(F)c2o1. The first kappa shape index (κ1) is 13.6. The molecule has 0 amide bonds. The van der Waals surface area contributed by atoms with Gasteiger partial charge in [-0.25, -0.2) is 4.39 Å². The Labute approximate surface area is 127 Å². The Kier molecular flexibility index (Phi) is 3.54. The molecule has 1 unspecified atom stereocenters. The number of para-hydroxylation sites is 1. The fourth-order valence-corrected chi connectivity index (χ4v) is 2.97. The molecule has 0 aliphatic carbocycles. The topological polar surface area (TPSA) is 33.4 Å². The first-order chi connectivity index (χ1) is 9.54. The Morgan fingerprint density at radius 1 is 1.20 bits per heavy atom. The molecule has 0 saturated heterocycles. The van der Waals surface area contributed by atoms with Gasteiger partial charge in [0, 0.05) is 14.9 Å². The maximum absolute atomic E-state index is 13.6. The van der Waals surface area contributed by atoms with Crippen molar-refractivity contribution in [2.75, 3.05) is 0 Å². The summed E-state index contributed by atoms with van der Waals surface area (Å²) in [5.41, 5.74) is 0.714. The number of rotatable bonds is 2. The zero-order chi connectivity index (χ0) is 14.3. The van der Waals surface area contributed by atoms with Crippen LogP contribution in [-0.4, -0.2) is 5.11 Å². The van der Waals surface area contributed by atoms with Crippen molar-refractivity contribution in [1.29, 1.82) is 0 Å². The van der Waals surface area contributed by atoms with E-state index in [0.717, 1.165) is 4.47 Å². The van der Waals surface area contributed by atoms with Gasteiger partial charge in [0.25, 0.3) is 0 Å². The molecule has 1 N–H and O–H groups in total. The molecule has 0 saturated carbocycles. The predicted octanol–water partition coefficient (Wildman–Crippen LogP) is 5.07. The number of fused-ring (bicyclic) bond motifs is 1. The molecule has 2 aromatic carbocycles. The molecule has 1 atom stereocenters. The highest BCUT2D eigenvalue weighted by molar-refractivity contribution is 9.10. The lowest BCUT2D eigenvalue weighted by Gasteiger charge is -2.09. The lowest BCUT2D eigenvalue weighted by molar-refractivity contribution is 0.192. The van der Waals surface area contributed by atoms with Crippen molar-refractivity contribution in [3.63, 3.8) is 0 Å². The molecular formula is C15H9BrClFO2. The minimum absolute atomic E-state index is 0.141. The molecule has 0 aliphatic rings. The van der Waals surface area contributed by atoms with E-state index in [2.05, 4.69) is 15.9 Å². The van der Waals surface area contributed by atoms with Gasteiger partial charge in [-0.1, -0.05) is 39.7 Å². The molecule has 102 valence electrons. The van der Waals surface area contributed by atoms with Crippen LogP contribution in [0.4, 0.5) is 4.39 Å². The van der Waals surface area contributed by atoms with Gasteiger partial charge in [-0.2, -0.15) is 0 Å². The van der Waals surface area contributed by atoms with Crippen molar-refractivity contribution in [2.45, 2.75) is 6.10 Å². The molecule has 2 nitrogen and oxygen atoms in total. The molecule has 0 radical (unpaired) electrons. The van der Waals surface area contributed by atoms with Gasteiger partial charge in [0.1, 0.15) is 11.9 Å². The van der Waals surface area contributed by atoms with Crippen LogP contribution in [0.3, 0.4) is 0 Å². The van der Waals surface area contributed by atoms with E-state index in [9.17, 15) is 9.50 Å². The van der Waals surface area contributed by atoms with Gasteiger partial charge >= 0.3 is 0 Å². The fraction of sp³-hybridized carbons (Fsp3) is 0.0667. The third-order valence-electron chi connectivity index (χ3n) is 2.99. The summed E-state index contributed by atoms with van der Waals surface area (Å²) in [6.07, 6.45) is -1.00. The zero-order valence-electron chi connectivity index (χ0n) is 10.1. The number of hydrogen-bond acceptors (Lipinski definition) is 2. The third-order valence-corrected chi connectivity index (χ3v) is 3.66. The molecule has 1 aromatic heterocycles. The molecule has 0 fully saturated rings. The highest BCUT2D eigenvalue weighted by Crippen LogP contribution is 2.32. The Balaban J connectivity index is 2.07. The third kappa shape index (κ3) is 2.46. The summed E-state index contributed by atoms with van der Waals surface area (Å²) in [4.78, 5) is 0. The van der Waals surface area contributed by atoms with Crippen molar-refractivity contribution >= 4 is 38.5 Å². The van der Waals surface area contributed by atoms with Crippen LogP contribution in [0.25, 0.3) is 11.0 Å². The molecule has 20 heavy (non-hydrogen) atoms. The number of halogens is 3. The highest BCUT2D eigenvalue weighted by Gasteiger charge is 2.18. The average Bonchev–Trinajstić information content (AvgIpc) is 2.82. The maximum atomic E-state index is 13.6. The molecule has 3 rings (SSSR count). The van der Waals surface area contributed by atoms with Gasteiger partial charge in [0.15, 0.2) is 11.4 Å². The molecule has 0 bridgehead atoms. The van der Waals surface area contributed by atoms with Crippen molar-refractivity contribution in [1.82, 2.24) is 0 Å². The smallest absolute Gasteiger partial charge is 0.170 e. The second-order valence-corrected chi connectivity index (χ2v) is 5.76. The maximum Gasteiger partial charge on any atom is 0.170 e. The van der Waals surface area contributed by atoms with Crippen molar-refractivity contribution < 1.29 is 13.9 Å². The van der Waals surface area contributed by atoms with Crippen LogP contribution >= 0.6 is 27.5 Å². The lowest BCUT2D eigenvalue weighted by Crippen LogP contribution is -1.97. The minimum atomic E-state index is -1.00. The van der Waals surface area contributed by atoms with Gasteiger partial charge in [-0.3, -0.25) is 0 Å². The van der Waals surface area contributed by atoms with Crippen LogP contribution in [-0.2, 0) is 0 Å². The second kappa shape index (κ2) is 5.20. The first-order valence-electron chi connectivity index (χ1n) is 5.86. The standard InChI is InChI=1S/C15H9BrClFO2/c16-10-4-9(5-11(17)7-10)14(19)13-6-8-2-1-3-12(18)15(8)20-13/h1-7,14,19H. The van der Waals surface area contributed by atoms with Crippen LogP contribution in [0.2, 0.25) is 5.02 Å². The van der Waals surface area contributed by atoms with Gasteiger partial charge in [0.05, 0.1) is 0 Å². The van der Waals surface area contributed by atoms with E-state index in [4.69, 9.17) is 16.0 Å². The van der Waals surface area contributed by atoms with Crippen molar-refractivity contribution in [3.8, 4) is 0 Å². The monoisotopic (exact) mass is 354 g/mol. The van der Waals surface area contributed by atoms with E-state index in [1.165, 1.54) is 6.07 Å². The summed E-state index contributed by atoms with van der Waals surface area (Å²) < 4.78 is 19.8. The molecular weight excluding hydrogens is 347 g/mol. The normalized spacial score (nSPS) is 12.8. The predicted molar refractivity (Wildman–Crippen MR) is 79.4 cm³/mol. The first-order valence-corrected chi connectivity index (χ1v) is 7.04. The summed E-state index contributed by atoms with van der Waals surface area (Å²) in [6.45, 7) is 0. The van der Waals surface area contributed by atoms with Crippen LogP contribution in [0.15, 0.2) is 51.4 Å². The highest BCUT2D eigenvalue weighted by atomic mass is 79.9. The van der Waals surface area contributed by atoms with Crippen LogP contribution in [0.5, 0.6) is 0 Å². The molecule has 3 aromatic rings. The van der Waals surface area contributed by atoms with Crippen LogP contribution in [0, 0.1) is 5.82 Å². The number of aliphatic hydroxyl groups excluding tert-OH is 1. The van der Waals surface area contributed by atoms with E-state index in [0.29, 0.717) is 16.0 Å². The number of furan rings is 1. The average molecular weight is 356 g/mol. The van der Waals surface area contributed by atoms with E-state index in [1.54, 1.807) is 36.4 Å². The van der Waals surface area contributed by atoms with Crippen LogP contribution < -0.4 is 0 Å². The summed E-state index contributed by atoms with van der Waals surface area (Å²) >= 11 is 9.27. The summed E-state index contributed by atoms with van der Waals surface area (Å²) in [5, 5.41) is 11.4. The van der Waals surface area contributed by atoms with Gasteiger partial charge in [0.2, 0.25) is 0 Å². The number of aliphatic hydroxyl groups is 1. The van der Waals surface area contributed by atoms with Gasteiger partial charge in [-0.15, -0.1) is 0 Å². The Morgan fingerprint density at radius 2 is 2.00 bits per heavy atom.